The van der Waals surface area contributed by atoms with Gasteiger partial charge in [-0.25, -0.2) is 0 Å². The number of ether oxygens (including phenoxy) is 2. The van der Waals surface area contributed by atoms with Gasteiger partial charge in [0.05, 0.1) is 20.8 Å². The van der Waals surface area contributed by atoms with Crippen LogP contribution in [0.15, 0.2) is 46.9 Å². The van der Waals surface area contributed by atoms with Crippen LogP contribution in [0.25, 0.3) is 11.5 Å². The second-order valence-electron chi connectivity index (χ2n) is 7.18. The molecule has 0 amide bonds. The Morgan fingerprint density at radius 3 is 2.46 bits per heavy atom. The third-order valence-electron chi connectivity index (χ3n) is 5.03. The van der Waals surface area contributed by atoms with Gasteiger partial charge in [-0.15, -0.1) is 10.2 Å². The van der Waals surface area contributed by atoms with Crippen LogP contribution in [-0.4, -0.2) is 35.4 Å². The SMILES string of the molecule is COc1ccc(OC)c(CN(Cc2nnc(-c3ccc(C)cc3)o2)C2CC2)c1. The molecule has 4 rings (SSSR count). The van der Waals surface area contributed by atoms with Gasteiger partial charge in [-0.05, 0) is 50.1 Å². The highest BCUT2D eigenvalue weighted by Gasteiger charge is 2.31. The normalized spacial score (nSPS) is 13.7. The van der Waals surface area contributed by atoms with Gasteiger partial charge in [0.25, 0.3) is 0 Å². The van der Waals surface area contributed by atoms with Crippen molar-refractivity contribution >= 4 is 0 Å². The fraction of sp³-hybridized carbons (Fsp3) is 0.364. The predicted octanol–water partition coefficient (Wildman–Crippen LogP) is 4.23. The Bertz CT molecular complexity index is 932. The number of aromatic nitrogens is 2. The van der Waals surface area contributed by atoms with E-state index < -0.39 is 0 Å². The van der Waals surface area contributed by atoms with E-state index >= 15 is 0 Å². The first-order chi connectivity index (χ1) is 13.7. The Kier molecular flexibility index (Phi) is 5.30. The molecule has 1 aliphatic carbocycles. The second-order valence-corrected chi connectivity index (χ2v) is 7.18. The molecule has 0 N–H and O–H groups in total. The number of benzene rings is 2. The number of nitrogens with zero attached hydrogens (tertiary/aromatic N) is 3. The molecule has 6 nitrogen and oxygen atoms in total. The highest BCUT2D eigenvalue weighted by molar-refractivity contribution is 5.52. The summed E-state index contributed by atoms with van der Waals surface area (Å²) < 4.78 is 16.8. The lowest BCUT2D eigenvalue weighted by molar-refractivity contribution is 0.218. The Hall–Kier alpha value is -2.86. The third kappa shape index (κ3) is 4.17. The molecule has 28 heavy (non-hydrogen) atoms. The van der Waals surface area contributed by atoms with Crippen LogP contribution in [0.1, 0.15) is 29.9 Å². The van der Waals surface area contributed by atoms with E-state index in [2.05, 4.69) is 22.0 Å². The second kappa shape index (κ2) is 8.02. The number of hydrogen-bond acceptors (Lipinski definition) is 6. The number of methoxy groups -OCH3 is 2. The molecule has 6 heteroatoms. The summed E-state index contributed by atoms with van der Waals surface area (Å²) >= 11 is 0. The first kappa shape index (κ1) is 18.5. The van der Waals surface area contributed by atoms with Gasteiger partial charge in [0, 0.05) is 23.7 Å². The van der Waals surface area contributed by atoms with Gasteiger partial charge < -0.3 is 13.9 Å². The van der Waals surface area contributed by atoms with Crippen molar-refractivity contribution in [1.82, 2.24) is 15.1 Å². The Balaban J connectivity index is 1.52. The Morgan fingerprint density at radius 1 is 1.00 bits per heavy atom. The van der Waals surface area contributed by atoms with Crippen LogP contribution < -0.4 is 9.47 Å². The van der Waals surface area contributed by atoms with Crippen molar-refractivity contribution in [2.24, 2.45) is 0 Å². The molecule has 1 heterocycles. The molecule has 1 fully saturated rings. The van der Waals surface area contributed by atoms with Crippen molar-refractivity contribution in [1.29, 1.82) is 0 Å². The number of aryl methyl sites for hydroxylation is 1. The molecule has 2 aromatic carbocycles. The minimum Gasteiger partial charge on any atom is -0.497 e. The first-order valence-electron chi connectivity index (χ1n) is 9.50. The van der Waals surface area contributed by atoms with Crippen molar-refractivity contribution in [2.45, 2.75) is 38.9 Å². The summed E-state index contributed by atoms with van der Waals surface area (Å²) in [5.74, 6) is 2.87. The molecular weight excluding hydrogens is 354 g/mol. The van der Waals surface area contributed by atoms with E-state index in [0.29, 0.717) is 24.4 Å². The van der Waals surface area contributed by atoms with E-state index in [0.717, 1.165) is 29.2 Å². The maximum atomic E-state index is 5.94. The van der Waals surface area contributed by atoms with Gasteiger partial charge >= 0.3 is 0 Å². The van der Waals surface area contributed by atoms with E-state index in [1.165, 1.54) is 18.4 Å². The molecule has 0 atom stereocenters. The summed E-state index contributed by atoms with van der Waals surface area (Å²) in [6.45, 7) is 3.42. The van der Waals surface area contributed by atoms with Crippen LogP contribution in [0.3, 0.4) is 0 Å². The maximum Gasteiger partial charge on any atom is 0.247 e. The van der Waals surface area contributed by atoms with Crippen molar-refractivity contribution in [2.75, 3.05) is 14.2 Å². The molecule has 0 saturated heterocycles. The van der Waals surface area contributed by atoms with Crippen LogP contribution in [0.2, 0.25) is 0 Å². The summed E-state index contributed by atoms with van der Waals surface area (Å²) in [6.07, 6.45) is 2.37. The molecule has 0 spiro atoms. The molecule has 0 bridgehead atoms. The molecule has 0 aliphatic heterocycles. The first-order valence-corrected chi connectivity index (χ1v) is 9.50. The molecule has 0 unspecified atom stereocenters. The monoisotopic (exact) mass is 379 g/mol. The van der Waals surface area contributed by atoms with E-state index in [-0.39, 0.29) is 0 Å². The van der Waals surface area contributed by atoms with Gasteiger partial charge in [-0.1, -0.05) is 17.7 Å². The van der Waals surface area contributed by atoms with Crippen molar-refractivity contribution < 1.29 is 13.9 Å². The average Bonchev–Trinajstić information content (AvgIpc) is 3.47. The highest BCUT2D eigenvalue weighted by Crippen LogP contribution is 2.33. The summed E-state index contributed by atoms with van der Waals surface area (Å²) in [4.78, 5) is 2.36. The average molecular weight is 379 g/mol. The largest absolute Gasteiger partial charge is 0.497 e. The minimum atomic E-state index is 0.533. The van der Waals surface area contributed by atoms with Crippen LogP contribution in [-0.2, 0) is 13.1 Å². The van der Waals surface area contributed by atoms with E-state index in [1.54, 1.807) is 14.2 Å². The van der Waals surface area contributed by atoms with Crippen LogP contribution in [0.5, 0.6) is 11.5 Å². The Labute approximate surface area is 165 Å². The third-order valence-corrected chi connectivity index (χ3v) is 5.03. The molecule has 146 valence electrons. The van der Waals surface area contributed by atoms with E-state index in [4.69, 9.17) is 13.9 Å². The van der Waals surface area contributed by atoms with E-state index in [1.807, 2.05) is 42.5 Å². The molecular formula is C22H25N3O3. The maximum absolute atomic E-state index is 5.94. The molecule has 1 saturated carbocycles. The van der Waals surface area contributed by atoms with E-state index in [9.17, 15) is 0 Å². The fourth-order valence-corrected chi connectivity index (χ4v) is 3.28. The number of rotatable bonds is 8. The molecule has 1 aromatic heterocycles. The predicted molar refractivity (Wildman–Crippen MR) is 106 cm³/mol. The summed E-state index contributed by atoms with van der Waals surface area (Å²) in [5, 5.41) is 8.50. The number of hydrogen-bond donors (Lipinski definition) is 0. The smallest absolute Gasteiger partial charge is 0.247 e. The summed E-state index contributed by atoms with van der Waals surface area (Å²) in [7, 11) is 3.37. The van der Waals surface area contributed by atoms with Crippen molar-refractivity contribution in [3.05, 3.63) is 59.5 Å². The van der Waals surface area contributed by atoms with Gasteiger partial charge in [-0.3, -0.25) is 4.90 Å². The van der Waals surface area contributed by atoms with Gasteiger partial charge in [0.1, 0.15) is 11.5 Å². The topological polar surface area (TPSA) is 60.6 Å². The lowest BCUT2D eigenvalue weighted by Gasteiger charge is -2.21. The van der Waals surface area contributed by atoms with Crippen molar-refractivity contribution in [3.63, 3.8) is 0 Å². The minimum absolute atomic E-state index is 0.533. The summed E-state index contributed by atoms with van der Waals surface area (Å²) in [5.41, 5.74) is 3.24. The molecule has 1 aliphatic rings. The standard InChI is InChI=1S/C22H25N3O3/c1-15-4-6-16(7-5-15)22-24-23-21(28-22)14-25(18-8-9-18)13-17-12-19(26-2)10-11-20(17)27-3/h4-7,10-12,18H,8-9,13-14H2,1-3H3. The van der Waals surface area contributed by atoms with Crippen molar-refractivity contribution in [3.8, 4) is 23.0 Å². The molecule has 0 radical (unpaired) electrons. The highest BCUT2D eigenvalue weighted by atomic mass is 16.5. The zero-order valence-electron chi connectivity index (χ0n) is 16.5. The fourth-order valence-electron chi connectivity index (χ4n) is 3.28. The van der Waals surface area contributed by atoms with Gasteiger partial charge in [-0.2, -0.15) is 0 Å². The van der Waals surface area contributed by atoms with Crippen LogP contribution in [0.4, 0.5) is 0 Å². The molecule has 3 aromatic rings. The lowest BCUT2D eigenvalue weighted by Crippen LogP contribution is -2.25. The zero-order chi connectivity index (χ0) is 19.5. The zero-order valence-corrected chi connectivity index (χ0v) is 16.5. The van der Waals surface area contributed by atoms with Gasteiger partial charge in [0.15, 0.2) is 0 Å². The quantitative estimate of drug-likeness (QED) is 0.584. The lowest BCUT2D eigenvalue weighted by atomic mass is 10.1. The van der Waals surface area contributed by atoms with Crippen LogP contribution >= 0.6 is 0 Å². The summed E-state index contributed by atoms with van der Waals surface area (Å²) in [6, 6.07) is 14.5. The van der Waals surface area contributed by atoms with Crippen LogP contribution in [0, 0.1) is 6.92 Å². The van der Waals surface area contributed by atoms with Gasteiger partial charge in [0.2, 0.25) is 11.8 Å². The Morgan fingerprint density at radius 2 is 1.79 bits per heavy atom.